The third-order valence-electron chi connectivity index (χ3n) is 2.93. The first-order valence-electron chi connectivity index (χ1n) is 5.87. The van der Waals surface area contributed by atoms with Crippen molar-refractivity contribution < 1.29 is 9.13 Å². The fourth-order valence-electron chi connectivity index (χ4n) is 1.92. The standard InChI is InChI=1S/C13H18FNO/c1-10(14)11-2-4-12(5-3-11)16-13-6-8-15-9-7-13/h2-5,10,13,15H,6-9H2,1H3. The SMILES string of the molecule is CC(F)c1ccc(OC2CCNCC2)cc1. The summed E-state index contributed by atoms with van der Waals surface area (Å²) in [7, 11) is 0. The number of nitrogens with one attached hydrogen (secondary N) is 1. The molecule has 1 aromatic carbocycles. The molecule has 0 radical (unpaired) electrons. The number of ether oxygens (including phenoxy) is 1. The smallest absolute Gasteiger partial charge is 0.122 e. The molecule has 1 aromatic rings. The van der Waals surface area contributed by atoms with Crippen LogP contribution in [-0.4, -0.2) is 19.2 Å². The van der Waals surface area contributed by atoms with Crippen molar-refractivity contribution in [1.29, 1.82) is 0 Å². The van der Waals surface area contributed by atoms with E-state index >= 15 is 0 Å². The first kappa shape index (κ1) is 11.4. The highest BCUT2D eigenvalue weighted by molar-refractivity contribution is 5.28. The van der Waals surface area contributed by atoms with Gasteiger partial charge in [-0.15, -0.1) is 0 Å². The van der Waals surface area contributed by atoms with Crippen molar-refractivity contribution in [2.75, 3.05) is 13.1 Å². The summed E-state index contributed by atoms with van der Waals surface area (Å²) >= 11 is 0. The molecule has 0 spiro atoms. The lowest BCUT2D eigenvalue weighted by atomic mass is 10.1. The van der Waals surface area contributed by atoms with Crippen LogP contribution in [0.4, 0.5) is 4.39 Å². The summed E-state index contributed by atoms with van der Waals surface area (Å²) in [5, 5.41) is 3.29. The molecule has 1 fully saturated rings. The largest absolute Gasteiger partial charge is 0.490 e. The van der Waals surface area contributed by atoms with Crippen LogP contribution >= 0.6 is 0 Å². The van der Waals surface area contributed by atoms with Gasteiger partial charge in [-0.05, 0) is 50.6 Å². The Morgan fingerprint density at radius 2 is 1.88 bits per heavy atom. The minimum Gasteiger partial charge on any atom is -0.490 e. The molecule has 1 aliphatic rings. The Morgan fingerprint density at radius 3 is 2.44 bits per heavy atom. The van der Waals surface area contributed by atoms with Gasteiger partial charge in [0.15, 0.2) is 0 Å². The number of halogens is 1. The molecular weight excluding hydrogens is 205 g/mol. The van der Waals surface area contributed by atoms with Crippen LogP contribution in [0.1, 0.15) is 31.5 Å². The maximum Gasteiger partial charge on any atom is 0.122 e. The topological polar surface area (TPSA) is 21.3 Å². The minimum absolute atomic E-state index is 0.301. The quantitative estimate of drug-likeness (QED) is 0.850. The van der Waals surface area contributed by atoms with Crippen LogP contribution in [0.2, 0.25) is 0 Å². The van der Waals surface area contributed by atoms with Crippen molar-refractivity contribution in [1.82, 2.24) is 5.32 Å². The monoisotopic (exact) mass is 223 g/mol. The molecule has 1 aliphatic heterocycles. The molecule has 1 unspecified atom stereocenters. The van der Waals surface area contributed by atoms with Gasteiger partial charge < -0.3 is 10.1 Å². The van der Waals surface area contributed by atoms with Crippen molar-refractivity contribution in [3.63, 3.8) is 0 Å². The van der Waals surface area contributed by atoms with E-state index in [0.717, 1.165) is 31.7 Å². The van der Waals surface area contributed by atoms with Crippen LogP contribution in [0.15, 0.2) is 24.3 Å². The second-order valence-electron chi connectivity index (χ2n) is 4.25. The van der Waals surface area contributed by atoms with Gasteiger partial charge >= 0.3 is 0 Å². The van der Waals surface area contributed by atoms with Gasteiger partial charge in [0, 0.05) is 0 Å². The summed E-state index contributed by atoms with van der Waals surface area (Å²) < 4.78 is 18.8. The molecule has 0 amide bonds. The van der Waals surface area contributed by atoms with Crippen LogP contribution in [0.5, 0.6) is 5.75 Å². The van der Waals surface area contributed by atoms with Crippen LogP contribution in [0.25, 0.3) is 0 Å². The van der Waals surface area contributed by atoms with E-state index in [1.54, 1.807) is 19.1 Å². The normalized spacial score (nSPS) is 19.4. The van der Waals surface area contributed by atoms with Crippen molar-refractivity contribution in [3.8, 4) is 5.75 Å². The zero-order chi connectivity index (χ0) is 11.4. The fourth-order valence-corrected chi connectivity index (χ4v) is 1.92. The van der Waals surface area contributed by atoms with E-state index in [0.29, 0.717) is 11.7 Å². The molecule has 88 valence electrons. The average Bonchev–Trinajstić information content (AvgIpc) is 2.31. The second kappa shape index (κ2) is 5.30. The zero-order valence-electron chi connectivity index (χ0n) is 9.58. The van der Waals surface area contributed by atoms with Crippen molar-refractivity contribution >= 4 is 0 Å². The number of benzene rings is 1. The highest BCUT2D eigenvalue weighted by Crippen LogP contribution is 2.21. The Kier molecular flexibility index (Phi) is 3.78. The number of hydrogen-bond donors (Lipinski definition) is 1. The van der Waals surface area contributed by atoms with E-state index in [9.17, 15) is 4.39 Å². The zero-order valence-corrected chi connectivity index (χ0v) is 9.58. The van der Waals surface area contributed by atoms with Gasteiger partial charge in [0.2, 0.25) is 0 Å². The molecule has 1 N–H and O–H groups in total. The van der Waals surface area contributed by atoms with E-state index < -0.39 is 6.17 Å². The molecule has 0 aromatic heterocycles. The Hall–Kier alpha value is -1.09. The molecule has 1 atom stereocenters. The van der Waals surface area contributed by atoms with Crippen LogP contribution in [0.3, 0.4) is 0 Å². The van der Waals surface area contributed by atoms with Crippen LogP contribution in [0, 0.1) is 0 Å². The molecular formula is C13H18FNO. The number of hydrogen-bond acceptors (Lipinski definition) is 2. The van der Waals surface area contributed by atoms with E-state index in [1.165, 1.54) is 0 Å². The Labute approximate surface area is 95.8 Å². The van der Waals surface area contributed by atoms with Gasteiger partial charge in [-0.25, -0.2) is 4.39 Å². The summed E-state index contributed by atoms with van der Waals surface area (Å²) in [6.45, 7) is 3.58. The predicted octanol–water partition coefficient (Wildman–Crippen LogP) is 2.85. The van der Waals surface area contributed by atoms with E-state index in [4.69, 9.17) is 4.74 Å². The third kappa shape index (κ3) is 2.95. The highest BCUT2D eigenvalue weighted by Gasteiger charge is 2.14. The van der Waals surface area contributed by atoms with Crippen LogP contribution in [-0.2, 0) is 0 Å². The summed E-state index contributed by atoms with van der Waals surface area (Å²) in [5.41, 5.74) is 0.706. The minimum atomic E-state index is -0.909. The predicted molar refractivity (Wildman–Crippen MR) is 62.5 cm³/mol. The maximum absolute atomic E-state index is 13.0. The molecule has 0 aliphatic carbocycles. The third-order valence-corrected chi connectivity index (χ3v) is 2.93. The fraction of sp³-hybridized carbons (Fsp3) is 0.538. The Bertz CT molecular complexity index is 317. The molecule has 2 nitrogen and oxygen atoms in total. The number of piperidine rings is 1. The van der Waals surface area contributed by atoms with Crippen molar-refractivity contribution in [2.24, 2.45) is 0 Å². The summed E-state index contributed by atoms with van der Waals surface area (Å²) in [5.74, 6) is 0.844. The van der Waals surface area contributed by atoms with Gasteiger partial charge in [-0.2, -0.15) is 0 Å². The lowest BCUT2D eigenvalue weighted by Gasteiger charge is -2.23. The Balaban J connectivity index is 1.93. The molecule has 16 heavy (non-hydrogen) atoms. The summed E-state index contributed by atoms with van der Waals surface area (Å²) in [6.07, 6.45) is 1.48. The molecule has 1 heterocycles. The molecule has 0 saturated carbocycles. The summed E-state index contributed by atoms with van der Waals surface area (Å²) in [6, 6.07) is 7.29. The first-order valence-corrected chi connectivity index (χ1v) is 5.87. The molecule has 1 saturated heterocycles. The van der Waals surface area contributed by atoms with Gasteiger partial charge in [0.05, 0.1) is 0 Å². The molecule has 0 bridgehead atoms. The molecule has 3 heteroatoms. The van der Waals surface area contributed by atoms with Gasteiger partial charge in [-0.1, -0.05) is 12.1 Å². The molecule has 2 rings (SSSR count). The van der Waals surface area contributed by atoms with Gasteiger partial charge in [-0.3, -0.25) is 0 Å². The van der Waals surface area contributed by atoms with E-state index in [2.05, 4.69) is 5.32 Å². The maximum atomic E-state index is 13.0. The second-order valence-corrected chi connectivity index (χ2v) is 4.25. The number of alkyl halides is 1. The first-order chi connectivity index (χ1) is 7.75. The number of rotatable bonds is 3. The van der Waals surface area contributed by atoms with Crippen LogP contribution < -0.4 is 10.1 Å². The summed E-state index contributed by atoms with van der Waals surface area (Å²) in [4.78, 5) is 0. The van der Waals surface area contributed by atoms with E-state index in [-0.39, 0.29) is 0 Å². The van der Waals surface area contributed by atoms with Gasteiger partial charge in [0.1, 0.15) is 18.0 Å². The van der Waals surface area contributed by atoms with Crippen molar-refractivity contribution in [2.45, 2.75) is 32.0 Å². The Morgan fingerprint density at radius 1 is 1.25 bits per heavy atom. The lowest BCUT2D eigenvalue weighted by molar-refractivity contribution is 0.162. The highest BCUT2D eigenvalue weighted by atomic mass is 19.1. The van der Waals surface area contributed by atoms with E-state index in [1.807, 2.05) is 12.1 Å². The van der Waals surface area contributed by atoms with Gasteiger partial charge in [0.25, 0.3) is 0 Å². The average molecular weight is 223 g/mol. The lowest BCUT2D eigenvalue weighted by Crippen LogP contribution is -2.34. The van der Waals surface area contributed by atoms with Crippen molar-refractivity contribution in [3.05, 3.63) is 29.8 Å².